The largest absolute Gasteiger partial charge is 0.613 e. The fourth-order valence-corrected chi connectivity index (χ4v) is 0.0884. The van der Waals surface area contributed by atoms with Crippen molar-refractivity contribution in [2.45, 2.75) is 13.8 Å². The molecular weight excluding hydrogens is 489 g/mol. The van der Waals surface area contributed by atoms with Crippen LogP contribution in [0.15, 0.2) is 0 Å². The molecular formula is C5H12Ir2N2O-2. The molecule has 2 N–H and O–H groups in total. The minimum Gasteiger partial charge on any atom is -0.613 e. The summed E-state index contributed by atoms with van der Waals surface area (Å²) in [6.45, 7) is 8.69. The van der Waals surface area contributed by atoms with Gasteiger partial charge in [0.25, 0.3) is 0 Å². The van der Waals surface area contributed by atoms with Gasteiger partial charge < -0.3 is 18.2 Å². The Kier molecular flexibility index (Phi) is 156. The molecule has 0 aliphatic carbocycles. The summed E-state index contributed by atoms with van der Waals surface area (Å²) in [5, 5.41) is 0. The van der Waals surface area contributed by atoms with Crippen LogP contribution >= 0.6 is 0 Å². The van der Waals surface area contributed by atoms with Crippen LogP contribution < -0.4 is 5.43 Å². The third-order valence-electron chi connectivity index (χ3n) is 0.302. The van der Waals surface area contributed by atoms with Gasteiger partial charge >= 0.3 is 11.3 Å². The maximum absolute atomic E-state index is 7.50. The molecule has 0 rings (SSSR count). The Hall–Kier alpha value is 0.959. The third-order valence-corrected chi connectivity index (χ3v) is 0.302. The van der Waals surface area contributed by atoms with Crippen molar-refractivity contribution >= 4 is 0 Å². The second-order valence-corrected chi connectivity index (χ2v) is 0.780. The molecule has 0 saturated heterocycles. The van der Waals surface area contributed by atoms with E-state index >= 15 is 0 Å². The Morgan fingerprint density at radius 3 is 1.70 bits per heavy atom. The third kappa shape index (κ3) is 64.8. The molecule has 0 saturated carbocycles. The van der Waals surface area contributed by atoms with Gasteiger partial charge in [-0.3, -0.25) is 0 Å². The average Bonchev–Trinajstić information content (AvgIpc) is 1.75. The molecule has 0 aliphatic rings. The number of hydrogen-bond acceptors (Lipinski definition) is 1. The Morgan fingerprint density at radius 1 is 1.40 bits per heavy atom. The van der Waals surface area contributed by atoms with Gasteiger partial charge in [0, 0.05) is 40.2 Å². The number of nitrogens with one attached hydrogen (secondary N) is 2. The summed E-state index contributed by atoms with van der Waals surface area (Å²) in [6, 6.07) is 0. The molecule has 0 bridgehead atoms. The Labute approximate surface area is 89.9 Å². The molecule has 0 fully saturated rings. The predicted molar refractivity (Wildman–Crippen MR) is 33.0 cm³/mol. The maximum Gasteiger partial charge on any atom is 0 e. The first kappa shape index (κ1) is 30.6. The molecule has 3 nitrogen and oxygen atoms in total. The molecule has 0 aromatic heterocycles. The van der Waals surface area contributed by atoms with Crippen LogP contribution in [0.1, 0.15) is 13.8 Å². The van der Waals surface area contributed by atoms with Crippen LogP contribution in [0, 0.1) is 13.6 Å². The van der Waals surface area contributed by atoms with E-state index in [4.69, 9.17) is 10.5 Å². The first-order valence-corrected chi connectivity index (χ1v) is 1.81. The van der Waals surface area contributed by atoms with Crippen LogP contribution in [-0.4, -0.2) is 6.54 Å². The van der Waals surface area contributed by atoms with Crippen molar-refractivity contribution in [3.8, 4) is 0 Å². The summed E-state index contributed by atoms with van der Waals surface area (Å²) in [4.78, 5) is 0. The zero-order valence-electron chi connectivity index (χ0n) is 4.70. The van der Waals surface area contributed by atoms with Crippen molar-refractivity contribution in [3.63, 3.8) is 0 Å². The van der Waals surface area contributed by atoms with Gasteiger partial charge in [0.2, 0.25) is 0 Å². The normalized spacial score (nSPS) is 4.40. The fourth-order valence-electron chi connectivity index (χ4n) is 0.0884. The first-order chi connectivity index (χ1) is 3.41. The Morgan fingerprint density at radius 2 is 1.70 bits per heavy atom. The van der Waals surface area contributed by atoms with Crippen LogP contribution in [0.2, 0.25) is 0 Å². The van der Waals surface area contributed by atoms with E-state index in [-0.39, 0.29) is 47.6 Å². The van der Waals surface area contributed by atoms with Crippen LogP contribution in [0.25, 0.3) is 5.84 Å². The second-order valence-electron chi connectivity index (χ2n) is 0.780. The van der Waals surface area contributed by atoms with E-state index in [1.54, 1.807) is 0 Å². The molecule has 0 aromatic carbocycles. The van der Waals surface area contributed by atoms with E-state index in [0.717, 1.165) is 6.42 Å². The van der Waals surface area contributed by atoms with Crippen molar-refractivity contribution in [3.05, 3.63) is 19.4 Å². The Bertz CT molecular complexity index is 41.9. The number of hydrogen-bond donors (Lipinski definition) is 1. The van der Waals surface area contributed by atoms with E-state index in [2.05, 4.69) is 19.0 Å². The van der Waals surface area contributed by atoms with E-state index in [1.807, 2.05) is 0 Å². The average molecular weight is 501 g/mol. The van der Waals surface area contributed by atoms with Crippen LogP contribution in [0.3, 0.4) is 0 Å². The van der Waals surface area contributed by atoms with Crippen LogP contribution in [0.5, 0.6) is 0 Å². The molecule has 0 aromatic rings. The summed E-state index contributed by atoms with van der Waals surface area (Å²) in [6.07, 6.45) is 0.795. The Balaban J connectivity index is -0.0000000154. The van der Waals surface area contributed by atoms with E-state index in [0.29, 0.717) is 6.54 Å². The van der Waals surface area contributed by atoms with Gasteiger partial charge in [-0.05, 0) is 0 Å². The van der Waals surface area contributed by atoms with Gasteiger partial charge in [0.05, 0.1) is 0 Å². The van der Waals surface area contributed by atoms with Crippen LogP contribution in [-0.2, 0) is 44.9 Å². The van der Waals surface area contributed by atoms with Crippen molar-refractivity contribution in [1.82, 2.24) is 5.43 Å². The summed E-state index contributed by atoms with van der Waals surface area (Å²) >= 11 is 0. The molecule has 5 heteroatoms. The van der Waals surface area contributed by atoms with Gasteiger partial charge in [-0.25, -0.2) is 0 Å². The molecule has 0 heterocycles. The van der Waals surface area contributed by atoms with Crippen molar-refractivity contribution in [1.29, 1.82) is 0 Å². The molecule has 0 atom stereocenters. The van der Waals surface area contributed by atoms with Crippen molar-refractivity contribution < 1.29 is 44.9 Å². The fraction of sp³-hybridized carbons (Fsp3) is 0.600. The van der Waals surface area contributed by atoms with Gasteiger partial charge in [-0.2, -0.15) is 6.42 Å². The summed E-state index contributed by atoms with van der Waals surface area (Å²) < 4.78 is 7.50. The zero-order chi connectivity index (χ0) is 6.12. The molecule has 68 valence electrons. The van der Waals surface area contributed by atoms with Crippen molar-refractivity contribution in [2.75, 3.05) is 6.54 Å². The zero-order valence-corrected chi connectivity index (χ0v) is 9.49. The topological polar surface area (TPSA) is 55.7 Å². The minimum absolute atomic E-state index is 0. The summed E-state index contributed by atoms with van der Waals surface area (Å²) in [7, 11) is 0. The van der Waals surface area contributed by atoms with Gasteiger partial charge in [-0.15, -0.1) is 0 Å². The molecule has 0 spiro atoms. The number of rotatable bonds is 2. The van der Waals surface area contributed by atoms with Gasteiger partial charge in [-0.1, -0.05) is 14.0 Å². The quantitative estimate of drug-likeness (QED) is 0.348. The summed E-state index contributed by atoms with van der Waals surface area (Å²) in [5.41, 5.74) is 2.20. The van der Waals surface area contributed by atoms with Gasteiger partial charge in [0.15, 0.2) is 0 Å². The SMILES string of the molecule is C.[C-]#[O+].[CH2-]CCN[NH-].[Ir].[Ir]. The van der Waals surface area contributed by atoms with E-state index < -0.39 is 0 Å². The van der Waals surface area contributed by atoms with E-state index in [1.165, 1.54) is 0 Å². The standard InChI is InChI=1S/C3H8N2.CO.CH4.2Ir/c1-2-3-5-4;1-2;;;/h4-5H,1-3H2;;1H4;;/q-2;;;;. The molecule has 0 aliphatic heterocycles. The minimum atomic E-state index is 0. The first-order valence-electron chi connectivity index (χ1n) is 1.81. The maximum atomic E-state index is 7.50. The monoisotopic (exact) mass is 502 g/mol. The van der Waals surface area contributed by atoms with Gasteiger partial charge in [0.1, 0.15) is 0 Å². The summed E-state index contributed by atoms with van der Waals surface area (Å²) in [5.74, 6) is 6.31. The molecule has 0 unspecified atom stereocenters. The van der Waals surface area contributed by atoms with E-state index in [9.17, 15) is 0 Å². The molecule has 0 amide bonds. The smallest absolute Gasteiger partial charge is 0 e. The van der Waals surface area contributed by atoms with Crippen LogP contribution in [0.4, 0.5) is 0 Å². The predicted octanol–water partition coefficient (Wildman–Crippen LogP) is 1.36. The second kappa shape index (κ2) is 51.0. The molecule has 10 heavy (non-hydrogen) atoms. The van der Waals surface area contributed by atoms with Crippen molar-refractivity contribution in [2.24, 2.45) is 0 Å². The molecule has 2 radical (unpaired) electrons.